The SMILES string of the molecule is CCC(=O)CNC1([N+](=O)[O-])CCC(Cl)CC1. The molecule has 5 nitrogen and oxygen atoms in total. The van der Waals surface area contributed by atoms with E-state index in [2.05, 4.69) is 5.32 Å². The highest BCUT2D eigenvalue weighted by atomic mass is 35.5. The van der Waals surface area contributed by atoms with Crippen molar-refractivity contribution in [3.8, 4) is 0 Å². The van der Waals surface area contributed by atoms with Crippen molar-refractivity contribution in [3.05, 3.63) is 10.1 Å². The lowest BCUT2D eigenvalue weighted by atomic mass is 9.89. The minimum atomic E-state index is -1.14. The van der Waals surface area contributed by atoms with E-state index in [0.717, 1.165) is 0 Å². The molecular formula is C10H17ClN2O3. The first-order chi connectivity index (χ1) is 7.50. The van der Waals surface area contributed by atoms with E-state index in [0.29, 0.717) is 32.1 Å². The van der Waals surface area contributed by atoms with E-state index in [1.165, 1.54) is 0 Å². The molecule has 6 heteroatoms. The topological polar surface area (TPSA) is 72.2 Å². The van der Waals surface area contributed by atoms with Gasteiger partial charge >= 0.3 is 0 Å². The fourth-order valence-electron chi connectivity index (χ4n) is 1.87. The third-order valence-electron chi connectivity index (χ3n) is 3.10. The summed E-state index contributed by atoms with van der Waals surface area (Å²) in [4.78, 5) is 21.9. The van der Waals surface area contributed by atoms with E-state index in [4.69, 9.17) is 11.6 Å². The molecule has 1 saturated carbocycles. The van der Waals surface area contributed by atoms with Crippen molar-refractivity contribution in [2.75, 3.05) is 6.54 Å². The van der Waals surface area contributed by atoms with Gasteiger partial charge in [-0.15, -0.1) is 11.6 Å². The van der Waals surface area contributed by atoms with Crippen LogP contribution in [-0.4, -0.2) is 28.3 Å². The van der Waals surface area contributed by atoms with E-state index < -0.39 is 5.66 Å². The highest BCUT2D eigenvalue weighted by molar-refractivity contribution is 6.20. The fourth-order valence-corrected chi connectivity index (χ4v) is 2.09. The van der Waals surface area contributed by atoms with Gasteiger partial charge in [-0.2, -0.15) is 0 Å². The van der Waals surface area contributed by atoms with Crippen molar-refractivity contribution < 1.29 is 9.72 Å². The van der Waals surface area contributed by atoms with Gasteiger partial charge in [0.15, 0.2) is 0 Å². The minimum Gasteiger partial charge on any atom is -0.298 e. The molecule has 0 aromatic heterocycles. The minimum absolute atomic E-state index is 0.00535. The van der Waals surface area contributed by atoms with Gasteiger partial charge in [0, 0.05) is 29.6 Å². The Balaban J connectivity index is 2.60. The first kappa shape index (κ1) is 13.4. The lowest BCUT2D eigenvalue weighted by Gasteiger charge is -2.31. The number of Topliss-reactive ketones (excluding diaryl/α,β-unsaturated/α-hetero) is 1. The van der Waals surface area contributed by atoms with Crippen LogP contribution in [-0.2, 0) is 4.79 Å². The van der Waals surface area contributed by atoms with E-state index in [-0.39, 0.29) is 22.6 Å². The van der Waals surface area contributed by atoms with Crippen LogP contribution < -0.4 is 5.32 Å². The Morgan fingerprint density at radius 2 is 2.12 bits per heavy atom. The van der Waals surface area contributed by atoms with Gasteiger partial charge < -0.3 is 0 Å². The number of nitro groups is 1. The van der Waals surface area contributed by atoms with Gasteiger partial charge in [0.25, 0.3) is 5.66 Å². The predicted octanol–water partition coefficient (Wildman–Crippen LogP) is 1.71. The molecule has 0 aromatic rings. The zero-order chi connectivity index (χ0) is 12.2. The second-order valence-corrected chi connectivity index (χ2v) is 4.83. The zero-order valence-corrected chi connectivity index (χ0v) is 10.1. The number of nitrogens with zero attached hydrogens (tertiary/aromatic N) is 1. The predicted molar refractivity (Wildman–Crippen MR) is 61.1 cm³/mol. The number of halogens is 1. The fraction of sp³-hybridized carbons (Fsp3) is 0.900. The third kappa shape index (κ3) is 3.15. The van der Waals surface area contributed by atoms with Crippen molar-refractivity contribution in [3.63, 3.8) is 0 Å². The zero-order valence-electron chi connectivity index (χ0n) is 9.37. The molecular weight excluding hydrogens is 232 g/mol. The maximum Gasteiger partial charge on any atom is 0.275 e. The van der Waals surface area contributed by atoms with Gasteiger partial charge in [-0.3, -0.25) is 14.9 Å². The van der Waals surface area contributed by atoms with Crippen molar-refractivity contribution >= 4 is 17.4 Å². The molecule has 1 fully saturated rings. The first-order valence-corrected chi connectivity index (χ1v) is 5.99. The maximum atomic E-state index is 11.2. The van der Waals surface area contributed by atoms with Crippen LogP contribution >= 0.6 is 11.6 Å². The van der Waals surface area contributed by atoms with Crippen LogP contribution in [0.1, 0.15) is 39.0 Å². The van der Waals surface area contributed by atoms with E-state index >= 15 is 0 Å². The summed E-state index contributed by atoms with van der Waals surface area (Å²) in [5.41, 5.74) is -1.14. The van der Waals surface area contributed by atoms with E-state index in [9.17, 15) is 14.9 Å². The molecule has 0 aromatic carbocycles. The Kier molecular flexibility index (Phi) is 4.68. The molecule has 1 aliphatic carbocycles. The second-order valence-electron chi connectivity index (χ2n) is 4.21. The summed E-state index contributed by atoms with van der Waals surface area (Å²) in [6.45, 7) is 1.82. The van der Waals surface area contributed by atoms with Crippen LogP contribution in [0.5, 0.6) is 0 Å². The van der Waals surface area contributed by atoms with Crippen molar-refractivity contribution in [2.45, 2.75) is 50.1 Å². The van der Waals surface area contributed by atoms with Crippen LogP contribution in [0.2, 0.25) is 0 Å². The van der Waals surface area contributed by atoms with Crippen LogP contribution in [0.15, 0.2) is 0 Å². The van der Waals surface area contributed by atoms with Crippen LogP contribution in [0, 0.1) is 10.1 Å². The molecule has 0 saturated heterocycles. The van der Waals surface area contributed by atoms with Crippen LogP contribution in [0.4, 0.5) is 0 Å². The normalized spacial score (nSPS) is 30.0. The average Bonchev–Trinajstić information content (AvgIpc) is 2.28. The molecule has 1 rings (SSSR count). The van der Waals surface area contributed by atoms with Crippen LogP contribution in [0.25, 0.3) is 0 Å². The Bertz CT molecular complexity index is 275. The molecule has 0 spiro atoms. The van der Waals surface area contributed by atoms with Gasteiger partial charge in [0.05, 0.1) is 6.54 Å². The molecule has 0 aliphatic heterocycles. The Morgan fingerprint density at radius 3 is 2.56 bits per heavy atom. The Hall–Kier alpha value is -0.680. The van der Waals surface area contributed by atoms with Crippen LogP contribution in [0.3, 0.4) is 0 Å². The molecule has 1 aliphatic rings. The highest BCUT2D eigenvalue weighted by Crippen LogP contribution is 2.31. The summed E-state index contributed by atoms with van der Waals surface area (Å²) >= 11 is 5.92. The van der Waals surface area contributed by atoms with Crippen molar-refractivity contribution in [1.82, 2.24) is 5.32 Å². The molecule has 0 atom stereocenters. The summed E-state index contributed by atoms with van der Waals surface area (Å²) in [7, 11) is 0. The van der Waals surface area contributed by atoms with Crippen molar-refractivity contribution in [2.24, 2.45) is 0 Å². The van der Waals surface area contributed by atoms with Gasteiger partial charge in [0.1, 0.15) is 5.78 Å². The monoisotopic (exact) mass is 248 g/mol. The number of rotatable bonds is 5. The highest BCUT2D eigenvalue weighted by Gasteiger charge is 2.45. The molecule has 1 N–H and O–H groups in total. The number of nitrogens with one attached hydrogen (secondary N) is 1. The summed E-state index contributed by atoms with van der Waals surface area (Å²) in [6.07, 6.45) is 2.43. The molecule has 0 bridgehead atoms. The summed E-state index contributed by atoms with van der Waals surface area (Å²) in [6, 6.07) is 0. The Morgan fingerprint density at radius 1 is 1.56 bits per heavy atom. The lowest BCUT2D eigenvalue weighted by Crippen LogP contribution is -2.55. The number of carbonyl (C=O) groups is 1. The quantitative estimate of drug-likeness (QED) is 0.348. The smallest absolute Gasteiger partial charge is 0.275 e. The number of alkyl halides is 1. The Labute approximate surface area is 99.7 Å². The number of hydrogen-bond donors (Lipinski definition) is 1. The molecule has 0 heterocycles. The molecule has 16 heavy (non-hydrogen) atoms. The van der Waals surface area contributed by atoms with Gasteiger partial charge in [-0.05, 0) is 12.8 Å². The number of ketones is 1. The van der Waals surface area contributed by atoms with Gasteiger partial charge in [0.2, 0.25) is 0 Å². The van der Waals surface area contributed by atoms with E-state index in [1.54, 1.807) is 6.92 Å². The standard InChI is InChI=1S/C10H17ClN2O3/c1-2-9(14)7-12-10(13(15)16)5-3-8(11)4-6-10/h8,12H,2-7H2,1H3. The average molecular weight is 249 g/mol. The number of hydrogen-bond acceptors (Lipinski definition) is 4. The van der Waals surface area contributed by atoms with Gasteiger partial charge in [-0.25, -0.2) is 5.32 Å². The lowest BCUT2D eigenvalue weighted by molar-refractivity contribution is -0.582. The second kappa shape index (κ2) is 5.59. The first-order valence-electron chi connectivity index (χ1n) is 5.55. The molecule has 0 unspecified atom stereocenters. The maximum absolute atomic E-state index is 11.2. The summed E-state index contributed by atoms with van der Waals surface area (Å²) in [5.74, 6) is -0.00535. The van der Waals surface area contributed by atoms with Gasteiger partial charge in [-0.1, -0.05) is 6.92 Å². The molecule has 0 radical (unpaired) electrons. The third-order valence-corrected chi connectivity index (χ3v) is 3.54. The molecule has 92 valence electrons. The largest absolute Gasteiger partial charge is 0.298 e. The van der Waals surface area contributed by atoms with Crippen molar-refractivity contribution in [1.29, 1.82) is 0 Å². The molecule has 0 amide bonds. The number of carbonyl (C=O) groups excluding carboxylic acids is 1. The summed E-state index contributed by atoms with van der Waals surface area (Å²) in [5, 5.41) is 13.9. The van der Waals surface area contributed by atoms with E-state index in [1.807, 2.05) is 0 Å². The summed E-state index contributed by atoms with van der Waals surface area (Å²) < 4.78 is 0.